The Hall–Kier alpha value is -0.870. The van der Waals surface area contributed by atoms with Crippen molar-refractivity contribution in [2.75, 3.05) is 6.54 Å². The first-order chi connectivity index (χ1) is 7.85. The Morgan fingerprint density at radius 3 is 2.71 bits per heavy atom. The van der Waals surface area contributed by atoms with E-state index in [0.717, 1.165) is 18.7 Å². The Bertz CT molecular complexity index is 356. The number of hydrogen-bond acceptors (Lipinski definition) is 3. The van der Waals surface area contributed by atoms with E-state index in [1.807, 2.05) is 31.8 Å². The van der Waals surface area contributed by atoms with E-state index in [0.29, 0.717) is 12.5 Å². The van der Waals surface area contributed by atoms with E-state index < -0.39 is 5.60 Å². The minimum absolute atomic E-state index is 0.430. The molecule has 98 valence electrons. The molecule has 0 aliphatic carbocycles. The summed E-state index contributed by atoms with van der Waals surface area (Å²) >= 11 is 0. The molecule has 0 saturated heterocycles. The van der Waals surface area contributed by atoms with E-state index in [9.17, 15) is 5.11 Å². The summed E-state index contributed by atoms with van der Waals surface area (Å²) in [4.78, 5) is 0. The maximum Gasteiger partial charge on any atom is 0.0741 e. The van der Waals surface area contributed by atoms with Crippen LogP contribution in [0.1, 0.15) is 51.3 Å². The summed E-state index contributed by atoms with van der Waals surface area (Å²) in [6.45, 7) is 9.51. The molecule has 0 saturated carbocycles. The molecular weight excluding hydrogens is 214 g/mol. The Morgan fingerprint density at radius 1 is 1.53 bits per heavy atom. The molecule has 4 nitrogen and oxygen atoms in total. The van der Waals surface area contributed by atoms with Crippen molar-refractivity contribution in [2.24, 2.45) is 7.05 Å². The second-order valence-corrected chi connectivity index (χ2v) is 5.32. The topological polar surface area (TPSA) is 50.1 Å². The van der Waals surface area contributed by atoms with Crippen LogP contribution in [0.3, 0.4) is 0 Å². The predicted molar refractivity (Wildman–Crippen MR) is 69.9 cm³/mol. The van der Waals surface area contributed by atoms with Crippen molar-refractivity contribution in [3.8, 4) is 0 Å². The molecule has 0 bridgehead atoms. The lowest BCUT2D eigenvalue weighted by Gasteiger charge is -2.21. The largest absolute Gasteiger partial charge is 0.389 e. The van der Waals surface area contributed by atoms with E-state index in [1.165, 1.54) is 5.56 Å². The average molecular weight is 239 g/mol. The highest BCUT2D eigenvalue weighted by Gasteiger charge is 2.17. The van der Waals surface area contributed by atoms with Crippen LogP contribution in [0, 0.1) is 0 Å². The van der Waals surface area contributed by atoms with E-state index >= 15 is 0 Å². The van der Waals surface area contributed by atoms with Gasteiger partial charge < -0.3 is 10.4 Å². The first-order valence-corrected chi connectivity index (χ1v) is 6.31. The maximum atomic E-state index is 9.90. The molecule has 1 atom stereocenters. The quantitative estimate of drug-likeness (QED) is 0.796. The molecule has 2 N–H and O–H groups in total. The Kier molecular flexibility index (Phi) is 4.71. The fourth-order valence-corrected chi connectivity index (χ4v) is 1.77. The van der Waals surface area contributed by atoms with Crippen LogP contribution in [-0.4, -0.2) is 27.0 Å². The second kappa shape index (κ2) is 5.65. The summed E-state index contributed by atoms with van der Waals surface area (Å²) in [7, 11) is 1.94. The summed E-state index contributed by atoms with van der Waals surface area (Å²) in [5, 5.41) is 17.7. The van der Waals surface area contributed by atoms with Gasteiger partial charge in [-0.2, -0.15) is 5.10 Å². The summed E-state index contributed by atoms with van der Waals surface area (Å²) in [6.07, 6.45) is 2.80. The predicted octanol–water partition coefficient (Wildman–Crippen LogP) is 1.79. The number of nitrogens with zero attached hydrogens (tertiary/aromatic N) is 2. The second-order valence-electron chi connectivity index (χ2n) is 5.32. The summed E-state index contributed by atoms with van der Waals surface area (Å²) in [5.74, 6) is 0.430. The lowest BCUT2D eigenvalue weighted by atomic mass is 10.0. The van der Waals surface area contributed by atoms with Crippen LogP contribution in [-0.2, 0) is 13.6 Å². The molecule has 17 heavy (non-hydrogen) atoms. The van der Waals surface area contributed by atoms with Crippen molar-refractivity contribution in [2.45, 2.75) is 52.2 Å². The molecule has 0 fully saturated rings. The van der Waals surface area contributed by atoms with Gasteiger partial charge in [0.1, 0.15) is 0 Å². The summed E-state index contributed by atoms with van der Waals surface area (Å²) < 4.78 is 1.85. The van der Waals surface area contributed by atoms with Crippen LogP contribution in [0.2, 0.25) is 0 Å². The Labute approximate surface area is 104 Å². The highest BCUT2D eigenvalue weighted by Crippen LogP contribution is 2.17. The molecule has 0 aliphatic rings. The molecule has 0 spiro atoms. The zero-order chi connectivity index (χ0) is 13.1. The van der Waals surface area contributed by atoms with Gasteiger partial charge in [-0.15, -0.1) is 0 Å². The third-order valence-electron chi connectivity index (χ3n) is 3.07. The third kappa shape index (κ3) is 4.13. The van der Waals surface area contributed by atoms with Gasteiger partial charge in [-0.05, 0) is 19.3 Å². The first-order valence-electron chi connectivity index (χ1n) is 6.31. The van der Waals surface area contributed by atoms with Crippen LogP contribution in [0.4, 0.5) is 0 Å². The van der Waals surface area contributed by atoms with Crippen LogP contribution in [0.25, 0.3) is 0 Å². The molecular formula is C13H25N3O. The number of aliphatic hydroxyl groups is 1. The highest BCUT2D eigenvalue weighted by atomic mass is 16.3. The summed E-state index contributed by atoms with van der Waals surface area (Å²) in [5.41, 5.74) is 1.73. The molecule has 4 heteroatoms. The molecule has 1 aromatic heterocycles. The van der Waals surface area contributed by atoms with E-state index in [4.69, 9.17) is 0 Å². The molecule has 0 amide bonds. The molecule has 1 unspecified atom stereocenters. The number of nitrogens with one attached hydrogen (secondary N) is 1. The normalized spacial score (nSPS) is 15.2. The minimum Gasteiger partial charge on any atom is -0.389 e. The van der Waals surface area contributed by atoms with E-state index in [1.54, 1.807) is 0 Å². The average Bonchev–Trinajstić information content (AvgIpc) is 2.60. The SMILES string of the molecule is CCC(C)(O)CNCc1cn(C)nc1C(C)C. The standard InChI is InChI=1S/C13H25N3O/c1-6-13(4,17)9-14-7-11-8-16(5)15-12(11)10(2)3/h8,10,14,17H,6-7,9H2,1-5H3. The molecule has 1 rings (SSSR count). The van der Waals surface area contributed by atoms with Crippen LogP contribution < -0.4 is 5.32 Å². The third-order valence-corrected chi connectivity index (χ3v) is 3.07. The van der Waals surface area contributed by atoms with Crippen molar-refractivity contribution in [1.82, 2.24) is 15.1 Å². The lowest BCUT2D eigenvalue weighted by Crippen LogP contribution is -2.36. The molecule has 1 heterocycles. The van der Waals surface area contributed by atoms with E-state index in [-0.39, 0.29) is 0 Å². The number of aromatic nitrogens is 2. The smallest absolute Gasteiger partial charge is 0.0741 e. The number of hydrogen-bond donors (Lipinski definition) is 2. The van der Waals surface area contributed by atoms with Gasteiger partial charge in [0, 0.05) is 31.9 Å². The highest BCUT2D eigenvalue weighted by molar-refractivity contribution is 5.19. The van der Waals surface area contributed by atoms with Gasteiger partial charge in [0.15, 0.2) is 0 Å². The zero-order valence-electron chi connectivity index (χ0n) is 11.6. The van der Waals surface area contributed by atoms with Crippen LogP contribution in [0.15, 0.2) is 6.20 Å². The number of rotatable bonds is 6. The molecule has 0 aliphatic heterocycles. The van der Waals surface area contributed by atoms with Gasteiger partial charge in [-0.3, -0.25) is 4.68 Å². The van der Waals surface area contributed by atoms with Gasteiger partial charge >= 0.3 is 0 Å². The van der Waals surface area contributed by atoms with Gasteiger partial charge in [-0.25, -0.2) is 0 Å². The van der Waals surface area contributed by atoms with Crippen molar-refractivity contribution in [1.29, 1.82) is 0 Å². The summed E-state index contributed by atoms with van der Waals surface area (Å²) in [6, 6.07) is 0. The molecule has 1 aromatic rings. The Morgan fingerprint density at radius 2 is 2.18 bits per heavy atom. The lowest BCUT2D eigenvalue weighted by molar-refractivity contribution is 0.0555. The van der Waals surface area contributed by atoms with Gasteiger partial charge in [0.05, 0.1) is 11.3 Å². The fraction of sp³-hybridized carbons (Fsp3) is 0.769. The van der Waals surface area contributed by atoms with Crippen LogP contribution >= 0.6 is 0 Å². The van der Waals surface area contributed by atoms with Crippen LogP contribution in [0.5, 0.6) is 0 Å². The van der Waals surface area contributed by atoms with Gasteiger partial charge in [-0.1, -0.05) is 20.8 Å². The Balaban J connectivity index is 2.57. The van der Waals surface area contributed by atoms with Gasteiger partial charge in [0.25, 0.3) is 0 Å². The number of aryl methyl sites for hydroxylation is 1. The van der Waals surface area contributed by atoms with Crippen molar-refractivity contribution in [3.05, 3.63) is 17.5 Å². The van der Waals surface area contributed by atoms with E-state index in [2.05, 4.69) is 24.3 Å². The fourth-order valence-electron chi connectivity index (χ4n) is 1.77. The molecule has 0 aromatic carbocycles. The minimum atomic E-state index is -0.625. The van der Waals surface area contributed by atoms with Crippen molar-refractivity contribution in [3.63, 3.8) is 0 Å². The molecule has 0 radical (unpaired) electrons. The van der Waals surface area contributed by atoms with Crippen molar-refractivity contribution >= 4 is 0 Å². The first kappa shape index (κ1) is 14.2. The monoisotopic (exact) mass is 239 g/mol. The maximum absolute atomic E-state index is 9.90. The zero-order valence-corrected chi connectivity index (χ0v) is 11.6. The van der Waals surface area contributed by atoms with Gasteiger partial charge in [0.2, 0.25) is 0 Å². The van der Waals surface area contributed by atoms with Crippen molar-refractivity contribution < 1.29 is 5.11 Å².